The van der Waals surface area contributed by atoms with E-state index >= 15 is 0 Å². The lowest BCUT2D eigenvalue weighted by atomic mass is 10.5. The van der Waals surface area contributed by atoms with Crippen molar-refractivity contribution in [1.29, 1.82) is 0 Å². The van der Waals surface area contributed by atoms with Crippen LogP contribution in [0.3, 0.4) is 0 Å². The maximum absolute atomic E-state index is 9.84. The second-order valence-electron chi connectivity index (χ2n) is 2.03. The van der Waals surface area contributed by atoms with E-state index in [9.17, 15) is 4.79 Å². The van der Waals surface area contributed by atoms with E-state index < -0.39 is 5.97 Å². The lowest BCUT2D eigenvalue weighted by Gasteiger charge is -1.97. The van der Waals surface area contributed by atoms with Gasteiger partial charge in [-0.3, -0.25) is 0 Å². The second kappa shape index (κ2) is 10.1. The van der Waals surface area contributed by atoms with E-state index in [1.807, 2.05) is 0 Å². The first-order valence-corrected chi connectivity index (χ1v) is 3.45. The van der Waals surface area contributed by atoms with Crippen LogP contribution in [0, 0.1) is 0 Å². The molecule has 0 aromatic carbocycles. The molecule has 0 radical (unpaired) electrons. The number of carbonyl (C=O) groups is 1. The summed E-state index contributed by atoms with van der Waals surface area (Å²) in [5, 5.41) is 8.43. The van der Waals surface area contributed by atoms with Crippen LogP contribution in [-0.2, 0) is 14.3 Å². The van der Waals surface area contributed by atoms with Crippen LogP contribution in [0.4, 0.5) is 0 Å². The van der Waals surface area contributed by atoms with Crippen LogP contribution in [0.5, 0.6) is 0 Å². The van der Waals surface area contributed by atoms with Crippen LogP contribution in [0.1, 0.15) is 6.92 Å². The summed E-state index contributed by atoms with van der Waals surface area (Å²) in [5.74, 6) is -0.394. The molecule has 0 aliphatic rings. The third kappa shape index (κ3) is 16.1. The molecule has 0 rings (SSSR count). The number of esters is 1. The van der Waals surface area contributed by atoms with Gasteiger partial charge in [0.05, 0.1) is 19.8 Å². The Morgan fingerprint density at radius 1 is 1.67 bits per heavy atom. The molecule has 1 unspecified atom stereocenters. The van der Waals surface area contributed by atoms with Crippen molar-refractivity contribution in [1.82, 2.24) is 0 Å². The molecule has 0 aliphatic carbocycles. The van der Waals surface area contributed by atoms with Crippen molar-refractivity contribution < 1.29 is 19.4 Å². The monoisotopic (exact) mass is 176 g/mol. The molecule has 4 heteroatoms. The Hall–Kier alpha value is -0.870. The number of hydrogen-bond donors (Lipinski definition) is 1. The molecule has 0 heterocycles. The Balaban J connectivity index is 0. The van der Waals surface area contributed by atoms with Crippen molar-refractivity contribution in [2.45, 2.75) is 13.0 Å². The number of rotatable bonds is 3. The predicted octanol–water partition coefficient (Wildman–Crippen LogP) is 0.359. The molecule has 0 aromatic rings. The third-order valence-electron chi connectivity index (χ3n) is 0.776. The van der Waals surface area contributed by atoms with E-state index in [4.69, 9.17) is 5.11 Å². The summed E-state index contributed by atoms with van der Waals surface area (Å²) < 4.78 is 8.70. The molecular formula is C8H16O4. The number of aliphatic hydroxyl groups excluding tert-OH is 1. The standard InChI is InChI=1S/C4H10O2.C4H6O2/c1-4(5)3-6-2;1-3-4(5)6-2/h4-5H,3H2,1-2H3;3H,1H2,2H3. The van der Waals surface area contributed by atoms with Crippen LogP contribution in [0.15, 0.2) is 12.7 Å². The molecular weight excluding hydrogens is 160 g/mol. The van der Waals surface area contributed by atoms with Crippen molar-refractivity contribution in [3.8, 4) is 0 Å². The second-order valence-corrected chi connectivity index (χ2v) is 2.03. The number of hydrogen-bond acceptors (Lipinski definition) is 4. The molecule has 0 saturated carbocycles. The number of ether oxygens (including phenoxy) is 2. The van der Waals surface area contributed by atoms with Gasteiger partial charge in [0.25, 0.3) is 0 Å². The SMILES string of the molecule is C=CC(=O)OC.COCC(C)O. The minimum atomic E-state index is -0.394. The summed E-state index contributed by atoms with van der Waals surface area (Å²) >= 11 is 0. The lowest BCUT2D eigenvalue weighted by molar-refractivity contribution is -0.134. The maximum Gasteiger partial charge on any atom is 0.329 e. The summed E-state index contributed by atoms with van der Waals surface area (Å²) in [6.45, 7) is 5.27. The van der Waals surface area contributed by atoms with E-state index in [2.05, 4.69) is 16.1 Å². The van der Waals surface area contributed by atoms with Gasteiger partial charge in [0.15, 0.2) is 0 Å². The zero-order valence-corrected chi connectivity index (χ0v) is 7.74. The van der Waals surface area contributed by atoms with Gasteiger partial charge in [-0.25, -0.2) is 4.79 Å². The van der Waals surface area contributed by atoms with Gasteiger partial charge < -0.3 is 14.6 Å². The first-order chi connectivity index (χ1) is 5.58. The number of methoxy groups -OCH3 is 2. The van der Waals surface area contributed by atoms with Gasteiger partial charge in [-0.1, -0.05) is 6.58 Å². The Bertz CT molecular complexity index is 120. The van der Waals surface area contributed by atoms with Crippen molar-refractivity contribution in [2.24, 2.45) is 0 Å². The minimum Gasteiger partial charge on any atom is -0.466 e. The fourth-order valence-corrected chi connectivity index (χ4v) is 0.325. The van der Waals surface area contributed by atoms with Gasteiger partial charge in [-0.15, -0.1) is 0 Å². The predicted molar refractivity (Wildman–Crippen MR) is 45.8 cm³/mol. The van der Waals surface area contributed by atoms with E-state index in [-0.39, 0.29) is 6.10 Å². The summed E-state index contributed by atoms with van der Waals surface area (Å²) in [4.78, 5) is 9.84. The summed E-state index contributed by atoms with van der Waals surface area (Å²) in [6.07, 6.45) is 0.787. The van der Waals surface area contributed by atoms with E-state index in [1.165, 1.54) is 7.11 Å². The molecule has 0 spiro atoms. The van der Waals surface area contributed by atoms with Gasteiger partial charge in [0, 0.05) is 13.2 Å². The molecule has 12 heavy (non-hydrogen) atoms. The summed E-state index contributed by atoms with van der Waals surface area (Å²) in [6, 6.07) is 0. The highest BCUT2D eigenvalue weighted by Crippen LogP contribution is 1.75. The summed E-state index contributed by atoms with van der Waals surface area (Å²) in [7, 11) is 2.87. The first-order valence-electron chi connectivity index (χ1n) is 3.45. The van der Waals surface area contributed by atoms with Crippen molar-refractivity contribution >= 4 is 5.97 Å². The minimum absolute atomic E-state index is 0.324. The largest absolute Gasteiger partial charge is 0.466 e. The van der Waals surface area contributed by atoms with Crippen LogP contribution >= 0.6 is 0 Å². The zero-order chi connectivity index (χ0) is 9.98. The highest BCUT2D eigenvalue weighted by Gasteiger charge is 1.87. The average Bonchev–Trinajstić information content (AvgIpc) is 2.04. The number of carbonyl (C=O) groups excluding carboxylic acids is 1. The molecule has 0 saturated heterocycles. The molecule has 0 aromatic heterocycles. The van der Waals surface area contributed by atoms with Gasteiger partial charge in [0.1, 0.15) is 0 Å². The maximum atomic E-state index is 9.84. The molecule has 72 valence electrons. The van der Waals surface area contributed by atoms with Crippen LogP contribution in [0.25, 0.3) is 0 Å². The topological polar surface area (TPSA) is 55.8 Å². The molecule has 0 bridgehead atoms. The Kier molecular flexibility index (Phi) is 11.6. The quantitative estimate of drug-likeness (QED) is 0.498. The first kappa shape index (κ1) is 13.7. The van der Waals surface area contributed by atoms with Gasteiger partial charge >= 0.3 is 5.97 Å². The van der Waals surface area contributed by atoms with E-state index in [0.717, 1.165) is 6.08 Å². The molecule has 0 aliphatic heterocycles. The molecule has 4 nitrogen and oxygen atoms in total. The molecule has 1 atom stereocenters. The lowest BCUT2D eigenvalue weighted by Crippen LogP contribution is -2.07. The Morgan fingerprint density at radius 3 is 2.17 bits per heavy atom. The highest BCUT2D eigenvalue weighted by molar-refractivity contribution is 5.80. The fraction of sp³-hybridized carbons (Fsp3) is 0.625. The average molecular weight is 176 g/mol. The third-order valence-corrected chi connectivity index (χ3v) is 0.776. The number of aliphatic hydroxyl groups is 1. The zero-order valence-electron chi connectivity index (χ0n) is 7.74. The van der Waals surface area contributed by atoms with Crippen LogP contribution in [-0.4, -0.2) is 38.0 Å². The fourth-order valence-electron chi connectivity index (χ4n) is 0.325. The van der Waals surface area contributed by atoms with Crippen molar-refractivity contribution in [3.63, 3.8) is 0 Å². The van der Waals surface area contributed by atoms with Crippen molar-refractivity contribution in [3.05, 3.63) is 12.7 Å². The van der Waals surface area contributed by atoms with E-state index in [1.54, 1.807) is 14.0 Å². The Labute approximate surface area is 72.8 Å². The van der Waals surface area contributed by atoms with Gasteiger partial charge in [-0.05, 0) is 6.92 Å². The highest BCUT2D eigenvalue weighted by atomic mass is 16.5. The molecule has 0 amide bonds. The van der Waals surface area contributed by atoms with Crippen LogP contribution < -0.4 is 0 Å². The van der Waals surface area contributed by atoms with E-state index in [0.29, 0.717) is 6.61 Å². The molecule has 1 N–H and O–H groups in total. The van der Waals surface area contributed by atoms with Crippen LogP contribution in [0.2, 0.25) is 0 Å². The Morgan fingerprint density at radius 2 is 2.17 bits per heavy atom. The smallest absolute Gasteiger partial charge is 0.329 e. The van der Waals surface area contributed by atoms with Gasteiger partial charge in [0.2, 0.25) is 0 Å². The normalized spacial score (nSPS) is 10.7. The van der Waals surface area contributed by atoms with Crippen molar-refractivity contribution in [2.75, 3.05) is 20.8 Å². The molecule has 0 fully saturated rings. The van der Waals surface area contributed by atoms with Gasteiger partial charge in [-0.2, -0.15) is 0 Å². The summed E-state index contributed by atoms with van der Waals surface area (Å²) in [5.41, 5.74) is 0.